The predicted octanol–water partition coefficient (Wildman–Crippen LogP) is 1.79. The Bertz CT molecular complexity index is 958. The molecule has 1 aromatic heterocycles. The number of aromatic nitrogens is 2. The largest absolute Gasteiger partial charge is 0.486 e. The first-order chi connectivity index (χ1) is 13.2. The molecule has 0 radical (unpaired) electrons. The number of benzene rings is 1. The number of carbonyl (C=O) groups is 1. The van der Waals surface area contributed by atoms with Gasteiger partial charge in [0, 0.05) is 6.04 Å². The van der Waals surface area contributed by atoms with Gasteiger partial charge in [-0.05, 0) is 38.9 Å². The van der Waals surface area contributed by atoms with Gasteiger partial charge in [-0.3, -0.25) is 15.0 Å². The number of amides is 1. The Kier molecular flexibility index (Phi) is 6.31. The summed E-state index contributed by atoms with van der Waals surface area (Å²) in [5.41, 5.74) is 2.22. The number of carbonyl (C=O) groups excluding carboxylic acids is 1. The van der Waals surface area contributed by atoms with Crippen LogP contribution in [0.1, 0.15) is 22.6 Å². The van der Waals surface area contributed by atoms with Gasteiger partial charge in [-0.2, -0.15) is 0 Å². The Balaban J connectivity index is 1.49. The van der Waals surface area contributed by atoms with Gasteiger partial charge in [0.05, 0.1) is 18.1 Å². The molecule has 1 fully saturated rings. The van der Waals surface area contributed by atoms with Gasteiger partial charge in [-0.1, -0.05) is 29.0 Å². The molecule has 0 spiro atoms. The van der Waals surface area contributed by atoms with Gasteiger partial charge >= 0.3 is 0 Å². The fraction of sp³-hybridized carbons (Fsp3) is 0.500. The molecule has 0 aliphatic carbocycles. The lowest BCUT2D eigenvalue weighted by Gasteiger charge is -2.21. The van der Waals surface area contributed by atoms with Gasteiger partial charge < -0.3 is 4.74 Å². The highest BCUT2D eigenvalue weighted by molar-refractivity contribution is 7.91. The van der Waals surface area contributed by atoms with Crippen LogP contribution in [-0.2, 0) is 21.2 Å². The first kappa shape index (κ1) is 20.7. The highest BCUT2D eigenvalue weighted by Gasteiger charge is 2.31. The summed E-state index contributed by atoms with van der Waals surface area (Å²) in [6, 6.07) is 5.84. The third-order valence-electron chi connectivity index (χ3n) is 4.62. The molecular weight excluding hydrogens is 400 g/mol. The lowest BCUT2D eigenvalue weighted by Crippen LogP contribution is -2.38. The summed E-state index contributed by atoms with van der Waals surface area (Å²) in [4.78, 5) is 14.0. The van der Waals surface area contributed by atoms with E-state index in [0.717, 1.165) is 11.3 Å². The van der Waals surface area contributed by atoms with Crippen LogP contribution in [0.2, 0.25) is 0 Å². The molecule has 1 aromatic carbocycles. The number of rotatable bonds is 7. The average molecular weight is 425 g/mol. The molecule has 0 saturated carbocycles. The van der Waals surface area contributed by atoms with Crippen molar-refractivity contribution < 1.29 is 17.9 Å². The van der Waals surface area contributed by atoms with E-state index in [0.29, 0.717) is 16.6 Å². The normalized spacial score (nSPS) is 18.4. The molecule has 2 heterocycles. The number of anilines is 1. The maximum atomic E-state index is 12.2. The first-order valence-corrected chi connectivity index (χ1v) is 11.6. The molecule has 1 amide bonds. The lowest BCUT2D eigenvalue weighted by molar-refractivity contribution is -0.117. The Morgan fingerprint density at radius 1 is 1.36 bits per heavy atom. The first-order valence-electron chi connectivity index (χ1n) is 8.95. The van der Waals surface area contributed by atoms with Crippen molar-refractivity contribution >= 4 is 32.2 Å². The molecule has 1 atom stereocenters. The van der Waals surface area contributed by atoms with Crippen LogP contribution in [0.15, 0.2) is 18.2 Å². The second-order valence-electron chi connectivity index (χ2n) is 7.08. The van der Waals surface area contributed by atoms with E-state index in [1.54, 1.807) is 11.9 Å². The second-order valence-corrected chi connectivity index (χ2v) is 10.4. The zero-order valence-electron chi connectivity index (χ0n) is 16.1. The summed E-state index contributed by atoms with van der Waals surface area (Å²) in [6.45, 7) is 4.39. The van der Waals surface area contributed by atoms with Crippen LogP contribution in [0.25, 0.3) is 0 Å². The van der Waals surface area contributed by atoms with Crippen molar-refractivity contribution in [1.29, 1.82) is 0 Å². The van der Waals surface area contributed by atoms with Crippen molar-refractivity contribution in [3.63, 3.8) is 0 Å². The zero-order chi connectivity index (χ0) is 20.3. The molecular formula is C18H24N4O4S2. The van der Waals surface area contributed by atoms with Crippen LogP contribution in [0.3, 0.4) is 0 Å². The topological polar surface area (TPSA) is 101 Å². The van der Waals surface area contributed by atoms with E-state index >= 15 is 0 Å². The van der Waals surface area contributed by atoms with Crippen molar-refractivity contribution in [3.8, 4) is 5.75 Å². The fourth-order valence-electron chi connectivity index (χ4n) is 3.10. The lowest BCUT2D eigenvalue weighted by atomic mass is 10.1. The Morgan fingerprint density at radius 2 is 2.14 bits per heavy atom. The summed E-state index contributed by atoms with van der Waals surface area (Å²) in [7, 11) is -1.22. The van der Waals surface area contributed by atoms with Crippen LogP contribution in [0.5, 0.6) is 5.75 Å². The summed E-state index contributed by atoms with van der Waals surface area (Å²) in [6.07, 6.45) is 0.560. The number of nitrogens with zero attached hydrogens (tertiary/aromatic N) is 3. The third kappa shape index (κ3) is 5.49. The van der Waals surface area contributed by atoms with Gasteiger partial charge in [-0.15, -0.1) is 10.2 Å². The van der Waals surface area contributed by atoms with Gasteiger partial charge in [0.25, 0.3) is 0 Å². The van der Waals surface area contributed by atoms with Crippen LogP contribution in [0.4, 0.5) is 5.13 Å². The van der Waals surface area contributed by atoms with E-state index in [-0.39, 0.29) is 36.6 Å². The fourth-order valence-corrected chi connectivity index (χ4v) is 5.58. The molecule has 10 heteroatoms. The van der Waals surface area contributed by atoms with Crippen LogP contribution in [-0.4, -0.2) is 60.6 Å². The summed E-state index contributed by atoms with van der Waals surface area (Å²) in [5.74, 6) is 0.837. The highest BCUT2D eigenvalue weighted by atomic mass is 32.2. The Morgan fingerprint density at radius 3 is 2.82 bits per heavy atom. The number of nitrogens with one attached hydrogen (secondary N) is 1. The molecule has 0 bridgehead atoms. The van der Waals surface area contributed by atoms with Crippen molar-refractivity contribution in [3.05, 3.63) is 34.3 Å². The molecule has 28 heavy (non-hydrogen) atoms. The van der Waals surface area contributed by atoms with E-state index in [4.69, 9.17) is 4.74 Å². The Hall–Kier alpha value is -2.04. The smallest absolute Gasteiger partial charge is 0.240 e. The second kappa shape index (κ2) is 8.54. The van der Waals surface area contributed by atoms with Crippen LogP contribution >= 0.6 is 11.3 Å². The quantitative estimate of drug-likeness (QED) is 0.723. The number of hydrogen-bond acceptors (Lipinski definition) is 8. The molecule has 1 aliphatic heterocycles. The maximum absolute atomic E-state index is 12.2. The molecule has 2 aromatic rings. The summed E-state index contributed by atoms with van der Waals surface area (Å²) < 4.78 is 28.9. The number of likely N-dealkylation sites (N-methyl/N-ethyl adjacent to an activating group) is 1. The monoisotopic (exact) mass is 424 g/mol. The minimum atomic E-state index is -2.97. The molecule has 1 aliphatic rings. The van der Waals surface area contributed by atoms with Gasteiger partial charge in [0.1, 0.15) is 12.4 Å². The summed E-state index contributed by atoms with van der Waals surface area (Å²) in [5, 5.41) is 11.8. The summed E-state index contributed by atoms with van der Waals surface area (Å²) >= 11 is 1.25. The van der Waals surface area contributed by atoms with Gasteiger partial charge in [0.15, 0.2) is 14.8 Å². The Labute approximate surface area is 168 Å². The molecule has 152 valence electrons. The number of ether oxygens (including phenoxy) is 1. The van der Waals surface area contributed by atoms with E-state index in [9.17, 15) is 13.2 Å². The van der Waals surface area contributed by atoms with Crippen molar-refractivity contribution in [2.24, 2.45) is 0 Å². The molecule has 1 saturated heterocycles. The predicted molar refractivity (Wildman–Crippen MR) is 108 cm³/mol. The zero-order valence-corrected chi connectivity index (χ0v) is 17.8. The maximum Gasteiger partial charge on any atom is 0.240 e. The third-order valence-corrected chi connectivity index (χ3v) is 7.18. The molecule has 8 nitrogen and oxygen atoms in total. The molecule has 1 unspecified atom stereocenters. The SMILES string of the molecule is Cc1ccc(OCc2nnc(NC(=O)CN(C)C3CCS(=O)(=O)C3)s2)c(C)c1. The van der Waals surface area contributed by atoms with Crippen molar-refractivity contribution in [2.45, 2.75) is 32.9 Å². The molecule has 1 N–H and O–H groups in total. The minimum Gasteiger partial charge on any atom is -0.486 e. The van der Waals surface area contributed by atoms with E-state index in [1.165, 1.54) is 16.9 Å². The standard InChI is InChI=1S/C18H24N4O4S2/c1-12-4-5-15(13(2)8-12)26-10-17-20-21-18(27-17)19-16(23)9-22(3)14-6-7-28(24,25)11-14/h4-5,8,14H,6-7,9-11H2,1-3H3,(H,19,21,23). The van der Waals surface area contributed by atoms with Crippen LogP contribution < -0.4 is 10.1 Å². The van der Waals surface area contributed by atoms with Crippen molar-refractivity contribution in [1.82, 2.24) is 15.1 Å². The van der Waals surface area contributed by atoms with E-state index in [1.807, 2.05) is 32.0 Å². The van der Waals surface area contributed by atoms with Crippen molar-refractivity contribution in [2.75, 3.05) is 30.4 Å². The highest BCUT2D eigenvalue weighted by Crippen LogP contribution is 2.22. The van der Waals surface area contributed by atoms with Crippen LogP contribution in [0, 0.1) is 13.8 Å². The van der Waals surface area contributed by atoms with Gasteiger partial charge in [-0.25, -0.2) is 8.42 Å². The van der Waals surface area contributed by atoms with E-state index in [2.05, 4.69) is 15.5 Å². The van der Waals surface area contributed by atoms with E-state index < -0.39 is 9.84 Å². The number of sulfone groups is 1. The number of aryl methyl sites for hydroxylation is 2. The average Bonchev–Trinajstić information content (AvgIpc) is 3.20. The minimum absolute atomic E-state index is 0.105. The molecule has 3 rings (SSSR count). The van der Waals surface area contributed by atoms with Gasteiger partial charge in [0.2, 0.25) is 11.0 Å². The number of hydrogen-bond donors (Lipinski definition) is 1.